The lowest BCUT2D eigenvalue weighted by Gasteiger charge is -2.25. The van der Waals surface area contributed by atoms with E-state index < -0.39 is 35.9 Å². The van der Waals surface area contributed by atoms with E-state index in [0.29, 0.717) is 15.5 Å². The van der Waals surface area contributed by atoms with Crippen molar-refractivity contribution in [3.05, 3.63) is 99.0 Å². The van der Waals surface area contributed by atoms with Gasteiger partial charge in [-0.15, -0.1) is 0 Å². The van der Waals surface area contributed by atoms with Gasteiger partial charge in [-0.25, -0.2) is 9.69 Å². The van der Waals surface area contributed by atoms with Crippen LogP contribution in [0.4, 0.5) is 10.5 Å². The third-order valence-corrected chi connectivity index (χ3v) is 9.00. The van der Waals surface area contributed by atoms with Gasteiger partial charge in [-0.3, -0.25) is 19.3 Å². The number of hydrogen-bond donors (Lipinski definition) is 1. The number of nitrogens with zero attached hydrogens (tertiary/aromatic N) is 2. The number of aryl methyl sites for hydroxylation is 1. The fraction of sp³-hybridized carbons (Fsp3) is 0.333. The number of benzene rings is 3. The minimum Gasteiger partial charge on any atom is -0.350 e. The second-order valence-electron chi connectivity index (χ2n) is 11.0. The first kappa shape index (κ1) is 30.7. The van der Waals surface area contributed by atoms with Gasteiger partial charge in [0, 0.05) is 17.2 Å². The summed E-state index contributed by atoms with van der Waals surface area (Å²) in [5.41, 5.74) is 3.03. The summed E-state index contributed by atoms with van der Waals surface area (Å²) in [6, 6.07) is 16.6. The van der Waals surface area contributed by atoms with Crippen molar-refractivity contribution in [2.24, 2.45) is 0 Å². The van der Waals surface area contributed by atoms with Crippen molar-refractivity contribution in [2.45, 2.75) is 64.3 Å². The summed E-state index contributed by atoms with van der Waals surface area (Å²) in [6.45, 7) is 5.75. The van der Waals surface area contributed by atoms with Crippen molar-refractivity contribution in [1.82, 2.24) is 9.80 Å². The Morgan fingerprint density at radius 1 is 1.00 bits per heavy atom. The molecule has 3 aromatic rings. The molecule has 0 spiro atoms. The first-order chi connectivity index (χ1) is 20.6. The monoisotopic (exact) mass is 621 g/mol. The molecule has 2 atom stereocenters. The van der Waals surface area contributed by atoms with Crippen molar-refractivity contribution in [3.8, 4) is 0 Å². The zero-order valence-electron chi connectivity index (χ0n) is 24.2. The Hall–Kier alpha value is -3.72. The van der Waals surface area contributed by atoms with Gasteiger partial charge in [-0.2, -0.15) is 0 Å². The van der Waals surface area contributed by atoms with Gasteiger partial charge in [-0.1, -0.05) is 84.7 Å². The molecule has 1 N–H and O–H groups in total. The van der Waals surface area contributed by atoms with Crippen LogP contribution >= 0.6 is 23.2 Å². The van der Waals surface area contributed by atoms with Crippen LogP contribution in [0.25, 0.3) is 0 Å². The number of carbonyl (C=O) groups excluding carboxylic acids is 4. The first-order valence-corrected chi connectivity index (χ1v) is 15.1. The minimum atomic E-state index is -1.82. The van der Waals surface area contributed by atoms with Gasteiger partial charge in [-0.05, 0) is 67.3 Å². The number of hydrogen-bond acceptors (Lipinski definition) is 5. The number of amides is 4. The van der Waals surface area contributed by atoms with Gasteiger partial charge in [0.2, 0.25) is 6.23 Å². The second-order valence-corrected chi connectivity index (χ2v) is 11.8. The van der Waals surface area contributed by atoms with Gasteiger partial charge in [0.15, 0.2) is 11.8 Å². The van der Waals surface area contributed by atoms with Gasteiger partial charge >= 0.3 is 6.03 Å². The van der Waals surface area contributed by atoms with E-state index in [1.54, 1.807) is 32.0 Å². The quantitative estimate of drug-likeness (QED) is 0.145. The molecular weight excluding hydrogens is 589 g/mol. The van der Waals surface area contributed by atoms with Crippen molar-refractivity contribution in [2.75, 3.05) is 11.9 Å². The van der Waals surface area contributed by atoms with Crippen LogP contribution in [0.3, 0.4) is 0 Å². The third-order valence-electron chi connectivity index (χ3n) is 8.28. The molecule has 1 saturated heterocycles. The first-order valence-electron chi connectivity index (χ1n) is 14.3. The van der Waals surface area contributed by atoms with Crippen molar-refractivity contribution in [3.63, 3.8) is 0 Å². The molecule has 43 heavy (non-hydrogen) atoms. The van der Waals surface area contributed by atoms with E-state index in [4.69, 9.17) is 27.9 Å². The molecule has 2 aliphatic rings. The molecule has 1 aliphatic carbocycles. The molecule has 2 fully saturated rings. The lowest BCUT2D eigenvalue weighted by Crippen LogP contribution is -2.52. The number of ether oxygens (including phenoxy) is 1. The predicted molar refractivity (Wildman–Crippen MR) is 165 cm³/mol. The van der Waals surface area contributed by atoms with E-state index in [9.17, 15) is 19.2 Å². The maximum Gasteiger partial charge on any atom is 0.330 e. The Bertz CT molecular complexity index is 1560. The van der Waals surface area contributed by atoms with Crippen LogP contribution < -0.4 is 5.32 Å². The number of nitrogens with one attached hydrogen (secondary N) is 1. The summed E-state index contributed by atoms with van der Waals surface area (Å²) >= 11 is 12.5. The van der Waals surface area contributed by atoms with Gasteiger partial charge in [0.05, 0.1) is 17.3 Å². The molecule has 1 saturated carbocycles. The summed E-state index contributed by atoms with van der Waals surface area (Å²) in [5, 5.41) is 3.20. The molecule has 3 aromatic carbocycles. The van der Waals surface area contributed by atoms with Crippen LogP contribution in [0, 0.1) is 6.92 Å². The van der Waals surface area contributed by atoms with Crippen LogP contribution in [0.5, 0.6) is 0 Å². The van der Waals surface area contributed by atoms with Crippen LogP contribution in [0.1, 0.15) is 60.2 Å². The summed E-state index contributed by atoms with van der Waals surface area (Å²) < 4.78 is 5.69. The Kier molecular flexibility index (Phi) is 8.92. The molecular formula is C33H33Cl2N3O5. The number of ketones is 1. The molecule has 1 heterocycles. The molecule has 2 unspecified atom stereocenters. The normalized spacial score (nSPS) is 18.1. The molecule has 8 nitrogen and oxygen atoms in total. The number of carbonyl (C=O) groups is 4. The summed E-state index contributed by atoms with van der Waals surface area (Å²) in [5.74, 6) is -2.39. The summed E-state index contributed by atoms with van der Waals surface area (Å²) in [7, 11) is 0. The van der Waals surface area contributed by atoms with Gasteiger partial charge in [0.25, 0.3) is 11.8 Å². The average Bonchev–Trinajstić information content (AvgIpc) is 3.77. The second kappa shape index (κ2) is 12.5. The van der Waals surface area contributed by atoms with E-state index in [2.05, 4.69) is 12.2 Å². The molecule has 0 radical (unpaired) electrons. The standard InChI is InChI=1S/C33H33Cl2N3O5/c1-4-33(15-16-33)23-13-11-22(12-14-23)28(39)27(29(40)36-26-17-20(3)24(34)18-25(26)35)38-30(41)31(43-5-2)37(32(38)42)19-21-9-7-6-8-10-21/h6-14,17-18,27,31H,4-5,15-16,19H2,1-3H3,(H,36,40). The Balaban J connectivity index is 1.53. The highest BCUT2D eigenvalue weighted by Crippen LogP contribution is 2.50. The van der Waals surface area contributed by atoms with Crippen molar-refractivity contribution >= 4 is 52.5 Å². The zero-order chi connectivity index (χ0) is 30.9. The lowest BCUT2D eigenvalue weighted by atomic mass is 9.91. The molecule has 0 bridgehead atoms. The molecule has 0 aromatic heterocycles. The number of Topliss-reactive ketones (excluding diaryl/α,β-unsaturated/α-hetero) is 1. The van der Waals surface area contributed by atoms with Crippen LogP contribution in [0.15, 0.2) is 66.7 Å². The molecule has 1 aliphatic heterocycles. The van der Waals surface area contributed by atoms with Crippen LogP contribution in [0.2, 0.25) is 10.0 Å². The fourth-order valence-electron chi connectivity index (χ4n) is 5.52. The number of anilines is 1. The zero-order valence-corrected chi connectivity index (χ0v) is 25.7. The van der Waals surface area contributed by atoms with Crippen LogP contribution in [-0.2, 0) is 26.3 Å². The largest absolute Gasteiger partial charge is 0.350 e. The number of rotatable bonds is 11. The molecule has 5 rings (SSSR count). The molecule has 4 amide bonds. The number of halogens is 2. The highest BCUT2D eigenvalue weighted by Gasteiger charge is 2.53. The van der Waals surface area contributed by atoms with E-state index in [1.165, 1.54) is 11.0 Å². The van der Waals surface area contributed by atoms with E-state index in [1.807, 2.05) is 42.5 Å². The Labute approximate surface area is 260 Å². The maximum atomic E-state index is 14.1. The number of urea groups is 1. The summed E-state index contributed by atoms with van der Waals surface area (Å²) in [6.07, 6.45) is 1.84. The average molecular weight is 623 g/mol. The van der Waals surface area contributed by atoms with Crippen LogP contribution in [-0.4, -0.2) is 52.3 Å². The van der Waals surface area contributed by atoms with E-state index in [0.717, 1.165) is 30.4 Å². The highest BCUT2D eigenvalue weighted by atomic mass is 35.5. The van der Waals surface area contributed by atoms with Gasteiger partial charge in [0.1, 0.15) is 0 Å². The van der Waals surface area contributed by atoms with Crippen molar-refractivity contribution < 1.29 is 23.9 Å². The SMILES string of the molecule is CCOC1C(=O)N(C(C(=O)Nc2cc(C)c(Cl)cc2Cl)C(=O)c2ccc(C3(CC)CC3)cc2)C(=O)N1Cc1ccccc1. The number of imide groups is 1. The maximum absolute atomic E-state index is 14.1. The van der Waals surface area contributed by atoms with Crippen molar-refractivity contribution in [1.29, 1.82) is 0 Å². The lowest BCUT2D eigenvalue weighted by molar-refractivity contribution is -0.144. The van der Waals surface area contributed by atoms with E-state index >= 15 is 0 Å². The Morgan fingerprint density at radius 2 is 1.67 bits per heavy atom. The minimum absolute atomic E-state index is 0.0467. The topological polar surface area (TPSA) is 96.0 Å². The fourth-order valence-corrected chi connectivity index (χ4v) is 5.95. The molecule has 224 valence electrons. The van der Waals surface area contributed by atoms with Gasteiger partial charge < -0.3 is 10.1 Å². The summed E-state index contributed by atoms with van der Waals surface area (Å²) in [4.78, 5) is 57.7. The smallest absolute Gasteiger partial charge is 0.330 e. The predicted octanol–water partition coefficient (Wildman–Crippen LogP) is 6.76. The third kappa shape index (κ3) is 6.05. The Morgan fingerprint density at radius 3 is 2.28 bits per heavy atom. The van der Waals surface area contributed by atoms with E-state index in [-0.39, 0.29) is 34.8 Å². The molecule has 10 heteroatoms. The highest BCUT2D eigenvalue weighted by molar-refractivity contribution is 6.37.